The molecule has 1 fully saturated rings. The van der Waals surface area contributed by atoms with E-state index in [1.807, 2.05) is 0 Å². The van der Waals surface area contributed by atoms with Gasteiger partial charge in [-0.1, -0.05) is 25.7 Å². The second-order valence-electron chi connectivity index (χ2n) is 4.91. The van der Waals surface area contributed by atoms with Crippen molar-refractivity contribution >= 4 is 0 Å². The third-order valence-corrected chi connectivity index (χ3v) is 3.62. The zero-order valence-electron chi connectivity index (χ0n) is 10.2. The second-order valence-corrected chi connectivity index (χ2v) is 4.91. The van der Waals surface area contributed by atoms with Crippen LogP contribution in [0.1, 0.15) is 57.8 Å². The monoisotopic (exact) mass is 213 g/mol. The van der Waals surface area contributed by atoms with Gasteiger partial charge in [0.05, 0.1) is 0 Å². The van der Waals surface area contributed by atoms with Crippen LogP contribution in [0, 0.1) is 0 Å². The molecule has 0 aromatic carbocycles. The zero-order valence-corrected chi connectivity index (χ0v) is 10.2. The molecule has 0 heterocycles. The molecule has 0 aromatic heterocycles. The Labute approximate surface area is 94.7 Å². The van der Waals surface area contributed by atoms with E-state index in [1.54, 1.807) is 0 Å². The highest BCUT2D eigenvalue weighted by Gasteiger charge is 2.15. The Morgan fingerprint density at radius 1 is 1.00 bits per heavy atom. The standard InChI is InChI=1S/C13H27NO/c1-14(11-7-4-8-12-15)13-9-5-2-3-6-10-13/h13,15H,2-12H2,1H3. The molecule has 0 spiro atoms. The van der Waals surface area contributed by atoms with Crippen LogP contribution in [0.5, 0.6) is 0 Å². The zero-order chi connectivity index (χ0) is 10.9. The van der Waals surface area contributed by atoms with Gasteiger partial charge in [-0.3, -0.25) is 0 Å². The predicted molar refractivity (Wildman–Crippen MR) is 65.1 cm³/mol. The van der Waals surface area contributed by atoms with Crippen LogP contribution in [0.25, 0.3) is 0 Å². The summed E-state index contributed by atoms with van der Waals surface area (Å²) >= 11 is 0. The van der Waals surface area contributed by atoms with Crippen LogP contribution in [0.2, 0.25) is 0 Å². The normalized spacial score (nSPS) is 19.4. The van der Waals surface area contributed by atoms with Crippen molar-refractivity contribution in [1.82, 2.24) is 4.90 Å². The molecular formula is C13H27NO. The van der Waals surface area contributed by atoms with Crippen molar-refractivity contribution in [2.45, 2.75) is 63.8 Å². The predicted octanol–water partition coefficient (Wildman–Crippen LogP) is 2.80. The van der Waals surface area contributed by atoms with Gasteiger partial charge in [-0.25, -0.2) is 0 Å². The minimum Gasteiger partial charge on any atom is -0.396 e. The van der Waals surface area contributed by atoms with Gasteiger partial charge in [-0.2, -0.15) is 0 Å². The van der Waals surface area contributed by atoms with Crippen LogP contribution < -0.4 is 0 Å². The molecule has 0 saturated heterocycles. The Morgan fingerprint density at radius 2 is 1.67 bits per heavy atom. The van der Waals surface area contributed by atoms with Crippen molar-refractivity contribution in [3.63, 3.8) is 0 Å². The quantitative estimate of drug-likeness (QED) is 0.542. The van der Waals surface area contributed by atoms with Crippen LogP contribution in [0.15, 0.2) is 0 Å². The number of aliphatic hydroxyl groups is 1. The van der Waals surface area contributed by atoms with E-state index in [0.717, 1.165) is 12.5 Å². The molecule has 1 saturated carbocycles. The maximum absolute atomic E-state index is 8.70. The van der Waals surface area contributed by atoms with E-state index in [2.05, 4.69) is 11.9 Å². The lowest BCUT2D eigenvalue weighted by Crippen LogP contribution is -2.32. The average molecular weight is 213 g/mol. The lowest BCUT2D eigenvalue weighted by Gasteiger charge is -2.26. The van der Waals surface area contributed by atoms with Crippen LogP contribution >= 0.6 is 0 Å². The highest BCUT2D eigenvalue weighted by atomic mass is 16.2. The third-order valence-electron chi connectivity index (χ3n) is 3.62. The summed E-state index contributed by atoms with van der Waals surface area (Å²) < 4.78 is 0. The maximum Gasteiger partial charge on any atom is 0.0431 e. The van der Waals surface area contributed by atoms with E-state index in [9.17, 15) is 0 Å². The van der Waals surface area contributed by atoms with Crippen LogP contribution in [-0.4, -0.2) is 36.2 Å². The van der Waals surface area contributed by atoms with Crippen molar-refractivity contribution in [3.8, 4) is 0 Å². The SMILES string of the molecule is CN(CCCCCO)C1CCCCCC1. The van der Waals surface area contributed by atoms with Crippen molar-refractivity contribution in [1.29, 1.82) is 0 Å². The van der Waals surface area contributed by atoms with E-state index in [-0.39, 0.29) is 0 Å². The molecule has 1 aliphatic carbocycles. The van der Waals surface area contributed by atoms with Gasteiger partial charge in [0.25, 0.3) is 0 Å². The molecule has 0 bridgehead atoms. The fourth-order valence-corrected chi connectivity index (χ4v) is 2.53. The summed E-state index contributed by atoms with van der Waals surface area (Å²) in [5, 5.41) is 8.70. The van der Waals surface area contributed by atoms with Gasteiger partial charge >= 0.3 is 0 Å². The van der Waals surface area contributed by atoms with Gasteiger partial charge in [0.15, 0.2) is 0 Å². The molecule has 1 rings (SSSR count). The number of hydrogen-bond donors (Lipinski definition) is 1. The van der Waals surface area contributed by atoms with E-state index in [4.69, 9.17) is 5.11 Å². The summed E-state index contributed by atoms with van der Waals surface area (Å²) in [7, 11) is 2.27. The molecule has 2 nitrogen and oxygen atoms in total. The number of hydrogen-bond acceptors (Lipinski definition) is 2. The number of rotatable bonds is 6. The third kappa shape index (κ3) is 5.53. The molecule has 0 amide bonds. The maximum atomic E-state index is 8.70. The average Bonchev–Trinajstić information content (AvgIpc) is 2.52. The van der Waals surface area contributed by atoms with Gasteiger partial charge in [-0.05, 0) is 45.7 Å². The van der Waals surface area contributed by atoms with Crippen molar-refractivity contribution in [3.05, 3.63) is 0 Å². The molecule has 0 unspecified atom stereocenters. The first-order chi connectivity index (χ1) is 7.34. The van der Waals surface area contributed by atoms with Gasteiger partial charge in [-0.15, -0.1) is 0 Å². The van der Waals surface area contributed by atoms with E-state index in [1.165, 1.54) is 57.9 Å². The minimum absolute atomic E-state index is 0.354. The van der Waals surface area contributed by atoms with Gasteiger partial charge < -0.3 is 10.0 Å². The fourth-order valence-electron chi connectivity index (χ4n) is 2.53. The molecule has 0 aromatic rings. The lowest BCUT2D eigenvalue weighted by atomic mass is 10.1. The van der Waals surface area contributed by atoms with E-state index < -0.39 is 0 Å². The first-order valence-corrected chi connectivity index (χ1v) is 6.65. The molecule has 0 radical (unpaired) electrons. The summed E-state index contributed by atoms with van der Waals surface area (Å²) in [6, 6.07) is 0.835. The summed E-state index contributed by atoms with van der Waals surface area (Å²) in [6.07, 6.45) is 11.9. The van der Waals surface area contributed by atoms with Crippen LogP contribution in [0.4, 0.5) is 0 Å². The van der Waals surface area contributed by atoms with Crippen molar-refractivity contribution in [2.75, 3.05) is 20.2 Å². The largest absolute Gasteiger partial charge is 0.396 e. The summed E-state index contributed by atoms with van der Waals surface area (Å²) in [5.41, 5.74) is 0. The van der Waals surface area contributed by atoms with E-state index in [0.29, 0.717) is 6.61 Å². The molecule has 15 heavy (non-hydrogen) atoms. The Kier molecular flexibility index (Phi) is 7.03. The molecule has 90 valence electrons. The summed E-state index contributed by atoms with van der Waals surface area (Å²) in [6.45, 7) is 1.57. The summed E-state index contributed by atoms with van der Waals surface area (Å²) in [5.74, 6) is 0. The van der Waals surface area contributed by atoms with Crippen LogP contribution in [-0.2, 0) is 0 Å². The smallest absolute Gasteiger partial charge is 0.0431 e. The molecule has 0 aliphatic heterocycles. The fraction of sp³-hybridized carbons (Fsp3) is 1.00. The highest BCUT2D eigenvalue weighted by Crippen LogP contribution is 2.21. The molecule has 0 atom stereocenters. The van der Waals surface area contributed by atoms with Gasteiger partial charge in [0.2, 0.25) is 0 Å². The van der Waals surface area contributed by atoms with Gasteiger partial charge in [0, 0.05) is 12.6 Å². The van der Waals surface area contributed by atoms with Crippen LogP contribution in [0.3, 0.4) is 0 Å². The number of aliphatic hydroxyl groups excluding tert-OH is 1. The Hall–Kier alpha value is -0.0800. The first kappa shape index (κ1) is 13.0. The molecular weight excluding hydrogens is 186 g/mol. The Balaban J connectivity index is 2.11. The molecule has 1 N–H and O–H groups in total. The van der Waals surface area contributed by atoms with Crippen molar-refractivity contribution in [2.24, 2.45) is 0 Å². The topological polar surface area (TPSA) is 23.5 Å². The minimum atomic E-state index is 0.354. The first-order valence-electron chi connectivity index (χ1n) is 6.65. The van der Waals surface area contributed by atoms with Crippen molar-refractivity contribution < 1.29 is 5.11 Å². The van der Waals surface area contributed by atoms with Gasteiger partial charge in [0.1, 0.15) is 0 Å². The Bertz CT molecular complexity index is 141. The highest BCUT2D eigenvalue weighted by molar-refractivity contribution is 4.72. The number of nitrogens with zero attached hydrogens (tertiary/aromatic N) is 1. The number of unbranched alkanes of at least 4 members (excludes halogenated alkanes) is 2. The molecule has 1 aliphatic rings. The van der Waals surface area contributed by atoms with E-state index >= 15 is 0 Å². The Morgan fingerprint density at radius 3 is 2.27 bits per heavy atom. The second kappa shape index (κ2) is 8.12. The molecule has 2 heteroatoms. The lowest BCUT2D eigenvalue weighted by molar-refractivity contribution is 0.212. The summed E-state index contributed by atoms with van der Waals surface area (Å²) in [4.78, 5) is 2.54.